The molecule has 31 heavy (non-hydrogen) atoms. The van der Waals surface area contributed by atoms with Crippen LogP contribution in [0.4, 0.5) is 0 Å². The van der Waals surface area contributed by atoms with E-state index < -0.39 is 11.9 Å². The summed E-state index contributed by atoms with van der Waals surface area (Å²) >= 11 is 0. The van der Waals surface area contributed by atoms with Gasteiger partial charge in [0.05, 0.1) is 0 Å². The highest BCUT2D eigenvalue weighted by molar-refractivity contribution is 5.98. The Hall–Kier alpha value is -3.64. The van der Waals surface area contributed by atoms with E-state index >= 15 is 0 Å². The lowest BCUT2D eigenvalue weighted by atomic mass is 9.78. The summed E-state index contributed by atoms with van der Waals surface area (Å²) in [6, 6.07) is 18.0. The number of rotatable bonds is 3. The van der Waals surface area contributed by atoms with Crippen LogP contribution in [-0.2, 0) is 16.0 Å². The summed E-state index contributed by atoms with van der Waals surface area (Å²) in [6.07, 6.45) is 6.94. The minimum absolute atomic E-state index is 0.475. The Labute approximate surface area is 180 Å². The molecule has 158 valence electrons. The van der Waals surface area contributed by atoms with Crippen molar-refractivity contribution in [2.75, 3.05) is 13.6 Å². The number of benzene rings is 2. The molecule has 2 atom stereocenters. The zero-order valence-corrected chi connectivity index (χ0v) is 17.2. The van der Waals surface area contributed by atoms with Gasteiger partial charge in [0.25, 0.3) is 0 Å². The fourth-order valence-electron chi connectivity index (χ4n) is 4.50. The summed E-state index contributed by atoms with van der Waals surface area (Å²) in [5, 5.41) is 17.1. The maximum atomic E-state index is 9.55. The van der Waals surface area contributed by atoms with E-state index in [1.165, 1.54) is 33.2 Å². The highest BCUT2D eigenvalue weighted by Crippen LogP contribution is 2.42. The molecule has 1 aliphatic heterocycles. The van der Waals surface area contributed by atoms with E-state index in [1.807, 2.05) is 0 Å². The number of H-pyrrole nitrogens is 1. The number of aliphatic carboxylic acids is 2. The van der Waals surface area contributed by atoms with Crippen LogP contribution < -0.4 is 0 Å². The van der Waals surface area contributed by atoms with Gasteiger partial charge in [0.15, 0.2) is 0 Å². The van der Waals surface area contributed by atoms with Crippen molar-refractivity contribution in [3.05, 3.63) is 89.6 Å². The van der Waals surface area contributed by atoms with Crippen LogP contribution in [0.15, 0.2) is 73.0 Å². The van der Waals surface area contributed by atoms with E-state index in [9.17, 15) is 9.59 Å². The molecule has 0 bridgehead atoms. The summed E-state index contributed by atoms with van der Waals surface area (Å²) in [5.74, 6) is -2.04. The van der Waals surface area contributed by atoms with Crippen molar-refractivity contribution in [1.82, 2.24) is 9.88 Å². The van der Waals surface area contributed by atoms with Gasteiger partial charge in [-0.15, -0.1) is 0 Å². The van der Waals surface area contributed by atoms with E-state index in [-0.39, 0.29) is 0 Å². The molecule has 2 heterocycles. The number of aromatic amines is 1. The fraction of sp³-hybridized carbons (Fsp3) is 0.200. The van der Waals surface area contributed by atoms with Crippen LogP contribution in [0.2, 0.25) is 0 Å². The van der Waals surface area contributed by atoms with Crippen LogP contribution in [0.3, 0.4) is 0 Å². The van der Waals surface area contributed by atoms with E-state index in [4.69, 9.17) is 10.2 Å². The molecule has 0 saturated carbocycles. The largest absolute Gasteiger partial charge is 0.478 e. The van der Waals surface area contributed by atoms with Crippen molar-refractivity contribution in [3.63, 3.8) is 0 Å². The summed E-state index contributed by atoms with van der Waals surface area (Å²) < 4.78 is 0. The predicted octanol–water partition coefficient (Wildman–Crippen LogP) is 3.92. The zero-order valence-electron chi connectivity index (χ0n) is 17.2. The number of hydrogen-bond acceptors (Lipinski definition) is 3. The summed E-state index contributed by atoms with van der Waals surface area (Å²) in [4.78, 5) is 25.1. The lowest BCUT2D eigenvalue weighted by molar-refractivity contribution is -0.134. The van der Waals surface area contributed by atoms with Gasteiger partial charge in [-0.25, -0.2) is 9.59 Å². The minimum atomic E-state index is -1.26. The minimum Gasteiger partial charge on any atom is -0.478 e. The van der Waals surface area contributed by atoms with Crippen LogP contribution >= 0.6 is 0 Å². The van der Waals surface area contributed by atoms with E-state index in [1.54, 1.807) is 0 Å². The van der Waals surface area contributed by atoms with Crippen LogP contribution in [-0.4, -0.2) is 51.7 Å². The second kappa shape index (κ2) is 8.62. The molecule has 6 nitrogen and oxygen atoms in total. The topological polar surface area (TPSA) is 93.6 Å². The molecule has 0 amide bonds. The Morgan fingerprint density at radius 3 is 2.42 bits per heavy atom. The molecule has 2 aromatic carbocycles. The molecule has 5 rings (SSSR count). The number of hydrogen-bond donors (Lipinski definition) is 3. The van der Waals surface area contributed by atoms with E-state index in [2.05, 4.69) is 77.7 Å². The number of fused-ring (bicyclic) bond motifs is 2. The van der Waals surface area contributed by atoms with Gasteiger partial charge in [0.2, 0.25) is 0 Å². The van der Waals surface area contributed by atoms with Crippen molar-refractivity contribution in [1.29, 1.82) is 0 Å². The summed E-state index contributed by atoms with van der Waals surface area (Å²) in [6.45, 7) is 1.09. The van der Waals surface area contributed by atoms with Gasteiger partial charge in [-0.1, -0.05) is 48.5 Å². The van der Waals surface area contributed by atoms with Gasteiger partial charge in [0.1, 0.15) is 0 Å². The Morgan fingerprint density at radius 1 is 1.03 bits per heavy atom. The predicted molar refractivity (Wildman–Crippen MR) is 120 cm³/mol. The van der Waals surface area contributed by atoms with Gasteiger partial charge in [-0.05, 0) is 41.8 Å². The molecule has 2 aliphatic rings. The highest BCUT2D eigenvalue weighted by atomic mass is 16.4. The number of carbonyl (C=O) groups is 2. The van der Waals surface area contributed by atoms with Crippen molar-refractivity contribution < 1.29 is 19.8 Å². The standard InChI is InChI=1S/C21H20N2.C4H4O4/c1-23-13-16(14-6-3-2-4-7-14)10-18-17-8-5-9-19-21(17)15(12-22-19)11-20(18)23;5-3(6)1-2-4(7)8/h2-10,12,16,20,22H,11,13H2,1H3;1-2H,(H,5,6)(H,7,8)/b;2-1-/t16-,20-;/m1./s1. The maximum Gasteiger partial charge on any atom is 0.328 e. The Kier molecular flexibility index (Phi) is 5.73. The smallest absolute Gasteiger partial charge is 0.328 e. The first-order valence-corrected chi connectivity index (χ1v) is 10.1. The zero-order chi connectivity index (χ0) is 22.0. The Bertz CT molecular complexity index is 1160. The van der Waals surface area contributed by atoms with Crippen LogP contribution in [0, 0.1) is 0 Å². The maximum absolute atomic E-state index is 9.55. The molecule has 1 aromatic heterocycles. The SMILES string of the molecule is CN1C[C@H](c2ccccc2)C=C2c3cccc4[nH]cc(c34)C[C@H]21.O=C(O)/C=C\C(=O)O. The molecule has 3 aromatic rings. The molecule has 0 saturated heterocycles. The third-order valence-electron chi connectivity index (χ3n) is 5.86. The lowest BCUT2D eigenvalue weighted by Gasteiger charge is -2.40. The number of carboxylic acids is 2. The Morgan fingerprint density at radius 2 is 1.74 bits per heavy atom. The van der Waals surface area contributed by atoms with Crippen molar-refractivity contribution in [2.24, 2.45) is 0 Å². The number of carboxylic acid groups (broad SMARTS) is 2. The Balaban J connectivity index is 0.000000250. The van der Waals surface area contributed by atoms with Gasteiger partial charge in [0, 0.05) is 47.8 Å². The van der Waals surface area contributed by atoms with Gasteiger partial charge >= 0.3 is 11.9 Å². The number of nitrogens with zero attached hydrogens (tertiary/aromatic N) is 1. The molecule has 6 heteroatoms. The third-order valence-corrected chi connectivity index (χ3v) is 5.86. The average Bonchev–Trinajstić information content (AvgIpc) is 3.18. The quantitative estimate of drug-likeness (QED) is 0.563. The second-order valence-corrected chi connectivity index (χ2v) is 7.85. The number of aromatic nitrogens is 1. The third kappa shape index (κ3) is 4.29. The van der Waals surface area contributed by atoms with Gasteiger partial charge < -0.3 is 15.2 Å². The first-order valence-electron chi connectivity index (χ1n) is 10.1. The molecular formula is C25H24N2O4. The van der Waals surface area contributed by atoms with Crippen LogP contribution in [0.1, 0.15) is 22.6 Å². The molecule has 1 aliphatic carbocycles. The number of likely N-dealkylation sites (N-methyl/N-ethyl adjacent to an activating group) is 1. The first kappa shape index (κ1) is 20.6. The van der Waals surface area contributed by atoms with Crippen molar-refractivity contribution in [3.8, 4) is 0 Å². The molecule has 0 fully saturated rings. The molecular weight excluding hydrogens is 392 g/mol. The normalized spacial score (nSPS) is 20.0. The van der Waals surface area contributed by atoms with E-state index in [0.717, 1.165) is 13.0 Å². The van der Waals surface area contributed by atoms with E-state index in [0.29, 0.717) is 24.1 Å². The summed E-state index contributed by atoms with van der Waals surface area (Å²) in [7, 11) is 2.27. The van der Waals surface area contributed by atoms with Crippen LogP contribution in [0.25, 0.3) is 16.5 Å². The average molecular weight is 416 g/mol. The van der Waals surface area contributed by atoms with Crippen molar-refractivity contribution in [2.45, 2.75) is 18.4 Å². The molecule has 0 unspecified atom stereocenters. The lowest BCUT2D eigenvalue weighted by Crippen LogP contribution is -2.41. The fourth-order valence-corrected chi connectivity index (χ4v) is 4.50. The van der Waals surface area contributed by atoms with Gasteiger partial charge in [-0.2, -0.15) is 0 Å². The first-order chi connectivity index (χ1) is 14.9. The monoisotopic (exact) mass is 416 g/mol. The van der Waals surface area contributed by atoms with Crippen LogP contribution in [0.5, 0.6) is 0 Å². The molecule has 3 N–H and O–H groups in total. The molecule has 0 spiro atoms. The second-order valence-electron chi connectivity index (χ2n) is 7.85. The number of nitrogens with one attached hydrogen (secondary N) is 1. The van der Waals surface area contributed by atoms with Crippen molar-refractivity contribution >= 4 is 28.4 Å². The molecule has 0 radical (unpaired) electrons. The van der Waals surface area contributed by atoms with Gasteiger partial charge in [-0.3, -0.25) is 4.90 Å². The summed E-state index contributed by atoms with van der Waals surface area (Å²) in [5.41, 5.74) is 7.06. The highest BCUT2D eigenvalue weighted by Gasteiger charge is 2.33.